The molecule has 0 atom stereocenters. The van der Waals surface area contributed by atoms with Crippen LogP contribution in [-0.4, -0.2) is 19.4 Å². The van der Waals surface area contributed by atoms with Gasteiger partial charge in [0.25, 0.3) is 0 Å². The molecule has 0 aliphatic carbocycles. The Bertz CT molecular complexity index is 374. The van der Waals surface area contributed by atoms with Gasteiger partial charge in [0, 0.05) is 12.1 Å². The highest BCUT2D eigenvalue weighted by atomic mass is 16.5. The van der Waals surface area contributed by atoms with E-state index in [0.29, 0.717) is 24.1 Å². The Labute approximate surface area is 88.0 Å². The molecule has 0 heterocycles. The third-order valence-electron chi connectivity index (χ3n) is 2.07. The highest BCUT2D eigenvalue weighted by molar-refractivity contribution is 5.92. The molecule has 15 heavy (non-hydrogen) atoms. The molecule has 1 rings (SSSR count). The van der Waals surface area contributed by atoms with Crippen molar-refractivity contribution in [2.24, 2.45) is 0 Å². The molecule has 0 amide bonds. The largest absolute Gasteiger partial charge is 0.465 e. The molecule has 0 radical (unpaired) electrons. The SMILES string of the molecule is COC(=O)c1cc(N)ccc1CCC=O. The fraction of sp³-hybridized carbons (Fsp3) is 0.273. The van der Waals surface area contributed by atoms with E-state index >= 15 is 0 Å². The van der Waals surface area contributed by atoms with Crippen molar-refractivity contribution in [2.45, 2.75) is 12.8 Å². The van der Waals surface area contributed by atoms with E-state index in [1.54, 1.807) is 18.2 Å². The third kappa shape index (κ3) is 2.80. The normalized spacial score (nSPS) is 9.67. The zero-order valence-electron chi connectivity index (χ0n) is 8.53. The first-order chi connectivity index (χ1) is 7.19. The number of hydrogen-bond acceptors (Lipinski definition) is 4. The van der Waals surface area contributed by atoms with Crippen LogP contribution in [-0.2, 0) is 16.0 Å². The van der Waals surface area contributed by atoms with Gasteiger partial charge in [-0.25, -0.2) is 4.79 Å². The highest BCUT2D eigenvalue weighted by Gasteiger charge is 2.11. The Morgan fingerprint density at radius 2 is 2.27 bits per heavy atom. The van der Waals surface area contributed by atoms with E-state index in [9.17, 15) is 9.59 Å². The van der Waals surface area contributed by atoms with Crippen LogP contribution in [0.2, 0.25) is 0 Å². The molecular weight excluding hydrogens is 194 g/mol. The fourth-order valence-electron chi connectivity index (χ4n) is 1.33. The second-order valence-electron chi connectivity index (χ2n) is 3.11. The maximum Gasteiger partial charge on any atom is 0.338 e. The number of esters is 1. The molecule has 0 spiro atoms. The number of nitrogens with two attached hydrogens (primary N) is 1. The minimum atomic E-state index is -0.428. The summed E-state index contributed by atoms with van der Waals surface area (Å²) in [6, 6.07) is 5.00. The molecule has 1 aromatic rings. The summed E-state index contributed by atoms with van der Waals surface area (Å²) in [5.41, 5.74) is 7.29. The predicted octanol–water partition coefficient (Wildman–Crippen LogP) is 1.19. The molecule has 0 saturated carbocycles. The van der Waals surface area contributed by atoms with Gasteiger partial charge in [-0.1, -0.05) is 6.07 Å². The lowest BCUT2D eigenvalue weighted by molar-refractivity contribution is -0.107. The van der Waals surface area contributed by atoms with Crippen LogP contribution in [0.3, 0.4) is 0 Å². The molecule has 4 heteroatoms. The van der Waals surface area contributed by atoms with Crippen molar-refractivity contribution < 1.29 is 14.3 Å². The Morgan fingerprint density at radius 3 is 2.87 bits per heavy atom. The van der Waals surface area contributed by atoms with Gasteiger partial charge in [0.15, 0.2) is 0 Å². The van der Waals surface area contributed by atoms with Crippen molar-refractivity contribution in [1.82, 2.24) is 0 Å². The van der Waals surface area contributed by atoms with Gasteiger partial charge in [0.05, 0.1) is 12.7 Å². The molecule has 0 saturated heterocycles. The number of carbonyl (C=O) groups is 2. The molecule has 0 aliphatic heterocycles. The first-order valence-corrected chi connectivity index (χ1v) is 4.59. The summed E-state index contributed by atoms with van der Waals surface area (Å²) in [5, 5.41) is 0. The van der Waals surface area contributed by atoms with Crippen molar-refractivity contribution in [3.8, 4) is 0 Å². The summed E-state index contributed by atoms with van der Waals surface area (Å²) in [7, 11) is 1.31. The number of carbonyl (C=O) groups excluding carboxylic acids is 2. The fourth-order valence-corrected chi connectivity index (χ4v) is 1.33. The predicted molar refractivity (Wildman–Crippen MR) is 56.6 cm³/mol. The van der Waals surface area contributed by atoms with Gasteiger partial charge in [-0.2, -0.15) is 0 Å². The van der Waals surface area contributed by atoms with Crippen LogP contribution in [0, 0.1) is 0 Å². The summed E-state index contributed by atoms with van der Waals surface area (Å²) < 4.78 is 4.63. The van der Waals surface area contributed by atoms with Gasteiger partial charge in [0.1, 0.15) is 6.29 Å². The van der Waals surface area contributed by atoms with E-state index in [2.05, 4.69) is 4.74 Å². The van der Waals surface area contributed by atoms with E-state index in [4.69, 9.17) is 5.73 Å². The standard InChI is InChI=1S/C11H13NO3/c1-15-11(14)10-7-9(12)5-4-8(10)3-2-6-13/h4-7H,2-3,12H2,1H3. The lowest BCUT2D eigenvalue weighted by Gasteiger charge is -2.07. The van der Waals surface area contributed by atoms with Crippen LogP contribution in [0.1, 0.15) is 22.3 Å². The minimum Gasteiger partial charge on any atom is -0.465 e. The van der Waals surface area contributed by atoms with Crippen molar-refractivity contribution in [3.05, 3.63) is 29.3 Å². The van der Waals surface area contributed by atoms with E-state index < -0.39 is 5.97 Å². The van der Waals surface area contributed by atoms with Crippen LogP contribution in [0.25, 0.3) is 0 Å². The lowest BCUT2D eigenvalue weighted by Crippen LogP contribution is -2.07. The number of anilines is 1. The minimum absolute atomic E-state index is 0.383. The van der Waals surface area contributed by atoms with Gasteiger partial charge >= 0.3 is 5.97 Å². The van der Waals surface area contributed by atoms with Gasteiger partial charge in [-0.15, -0.1) is 0 Å². The average Bonchev–Trinajstić information content (AvgIpc) is 2.26. The van der Waals surface area contributed by atoms with E-state index in [-0.39, 0.29) is 0 Å². The van der Waals surface area contributed by atoms with Crippen LogP contribution in [0.5, 0.6) is 0 Å². The van der Waals surface area contributed by atoms with Crippen LogP contribution < -0.4 is 5.73 Å². The Morgan fingerprint density at radius 1 is 1.53 bits per heavy atom. The number of rotatable bonds is 4. The van der Waals surface area contributed by atoms with Crippen molar-refractivity contribution in [3.63, 3.8) is 0 Å². The summed E-state index contributed by atoms with van der Waals surface area (Å²) in [6.07, 6.45) is 1.72. The van der Waals surface area contributed by atoms with E-state index in [1.165, 1.54) is 7.11 Å². The highest BCUT2D eigenvalue weighted by Crippen LogP contribution is 2.16. The Hall–Kier alpha value is -1.84. The van der Waals surface area contributed by atoms with Gasteiger partial charge in [0.2, 0.25) is 0 Å². The molecule has 1 aromatic carbocycles. The summed E-state index contributed by atoms with van der Waals surface area (Å²) in [5.74, 6) is -0.428. The maximum atomic E-state index is 11.4. The van der Waals surface area contributed by atoms with Gasteiger partial charge < -0.3 is 15.3 Å². The topological polar surface area (TPSA) is 69.4 Å². The first kappa shape index (κ1) is 11.2. The zero-order valence-corrected chi connectivity index (χ0v) is 8.53. The monoisotopic (exact) mass is 207 g/mol. The summed E-state index contributed by atoms with van der Waals surface area (Å²) in [6.45, 7) is 0. The smallest absolute Gasteiger partial charge is 0.338 e. The molecule has 80 valence electrons. The number of benzene rings is 1. The van der Waals surface area contributed by atoms with Crippen molar-refractivity contribution in [2.75, 3.05) is 12.8 Å². The van der Waals surface area contributed by atoms with Crippen LogP contribution in [0.4, 0.5) is 5.69 Å². The molecular formula is C11H13NO3. The number of methoxy groups -OCH3 is 1. The van der Waals surface area contributed by atoms with E-state index in [0.717, 1.165) is 11.8 Å². The van der Waals surface area contributed by atoms with E-state index in [1.807, 2.05) is 0 Å². The molecule has 0 bridgehead atoms. The Balaban J connectivity index is 3.02. The van der Waals surface area contributed by atoms with Crippen LogP contribution in [0.15, 0.2) is 18.2 Å². The molecule has 2 N–H and O–H groups in total. The molecule has 0 fully saturated rings. The van der Waals surface area contributed by atoms with Gasteiger partial charge in [-0.3, -0.25) is 0 Å². The van der Waals surface area contributed by atoms with Crippen molar-refractivity contribution in [1.29, 1.82) is 0 Å². The first-order valence-electron chi connectivity index (χ1n) is 4.59. The Kier molecular flexibility index (Phi) is 3.85. The summed E-state index contributed by atoms with van der Waals surface area (Å²) >= 11 is 0. The number of hydrogen-bond donors (Lipinski definition) is 1. The number of aryl methyl sites for hydroxylation is 1. The maximum absolute atomic E-state index is 11.4. The lowest BCUT2D eigenvalue weighted by atomic mass is 10.0. The third-order valence-corrected chi connectivity index (χ3v) is 2.07. The second kappa shape index (κ2) is 5.14. The second-order valence-corrected chi connectivity index (χ2v) is 3.11. The quantitative estimate of drug-likeness (QED) is 0.457. The molecule has 0 aliphatic rings. The zero-order chi connectivity index (χ0) is 11.3. The molecule has 0 aromatic heterocycles. The number of nitrogen functional groups attached to an aromatic ring is 1. The number of aldehydes is 1. The van der Waals surface area contributed by atoms with Crippen LogP contribution >= 0.6 is 0 Å². The number of ether oxygens (including phenoxy) is 1. The van der Waals surface area contributed by atoms with Crippen molar-refractivity contribution >= 4 is 17.9 Å². The molecule has 0 unspecified atom stereocenters. The summed E-state index contributed by atoms with van der Waals surface area (Å²) in [4.78, 5) is 21.6. The molecule has 4 nitrogen and oxygen atoms in total. The average molecular weight is 207 g/mol. The van der Waals surface area contributed by atoms with Gasteiger partial charge in [-0.05, 0) is 24.1 Å².